The van der Waals surface area contributed by atoms with Gasteiger partial charge in [0.05, 0.1) is 0 Å². The van der Waals surface area contributed by atoms with E-state index < -0.39 is 0 Å². The van der Waals surface area contributed by atoms with Crippen LogP contribution in [-0.2, 0) is 0 Å². The third kappa shape index (κ3) is 3.70. The zero-order chi connectivity index (χ0) is 13.7. The Labute approximate surface area is 113 Å². The molecule has 5 N–H and O–H groups in total. The normalized spacial score (nSPS) is 22.4. The summed E-state index contributed by atoms with van der Waals surface area (Å²) in [5.74, 6) is 2.68. The maximum absolute atomic E-state index is 9.31. The van der Waals surface area contributed by atoms with Crippen LogP contribution < -0.4 is 16.4 Å². The van der Waals surface area contributed by atoms with E-state index in [9.17, 15) is 5.11 Å². The van der Waals surface area contributed by atoms with Crippen LogP contribution in [0.15, 0.2) is 6.07 Å². The second kappa shape index (κ2) is 6.56. The van der Waals surface area contributed by atoms with E-state index in [0.29, 0.717) is 11.8 Å². The lowest BCUT2D eigenvalue weighted by Gasteiger charge is -2.18. The van der Waals surface area contributed by atoms with Gasteiger partial charge < -0.3 is 21.5 Å². The second-order valence-corrected chi connectivity index (χ2v) is 5.04. The zero-order valence-electron chi connectivity index (χ0n) is 11.4. The first kappa shape index (κ1) is 13.9. The van der Waals surface area contributed by atoms with Crippen LogP contribution in [-0.4, -0.2) is 34.8 Å². The largest absolute Gasteiger partial charge is 0.396 e. The molecule has 1 aliphatic carbocycles. The van der Waals surface area contributed by atoms with Gasteiger partial charge in [0, 0.05) is 25.8 Å². The molecule has 2 unspecified atom stereocenters. The van der Waals surface area contributed by atoms with Crippen LogP contribution in [0.1, 0.15) is 26.2 Å². The molecule has 1 fully saturated rings. The van der Waals surface area contributed by atoms with Crippen molar-refractivity contribution in [1.82, 2.24) is 9.97 Å². The smallest absolute Gasteiger partial charge is 0.223 e. The summed E-state index contributed by atoms with van der Waals surface area (Å²) in [6.07, 6.45) is 3.49. The van der Waals surface area contributed by atoms with Gasteiger partial charge in [0.2, 0.25) is 5.95 Å². The topological polar surface area (TPSA) is 96.1 Å². The first-order valence-corrected chi connectivity index (χ1v) is 6.96. The number of hydrogen-bond donors (Lipinski definition) is 4. The van der Waals surface area contributed by atoms with Crippen LogP contribution in [0, 0.1) is 11.8 Å². The minimum absolute atomic E-state index is 0.270. The quantitative estimate of drug-likeness (QED) is 0.619. The van der Waals surface area contributed by atoms with Crippen LogP contribution in [0.4, 0.5) is 17.6 Å². The molecule has 0 amide bonds. The molecule has 1 heterocycles. The van der Waals surface area contributed by atoms with Crippen molar-refractivity contribution in [3.8, 4) is 0 Å². The Balaban J connectivity index is 1.95. The van der Waals surface area contributed by atoms with E-state index in [1.54, 1.807) is 0 Å². The van der Waals surface area contributed by atoms with Gasteiger partial charge in [-0.25, -0.2) is 0 Å². The number of aliphatic hydroxyl groups excluding tert-OH is 1. The van der Waals surface area contributed by atoms with E-state index >= 15 is 0 Å². The van der Waals surface area contributed by atoms with Crippen molar-refractivity contribution in [2.24, 2.45) is 11.8 Å². The first-order valence-electron chi connectivity index (χ1n) is 6.96. The van der Waals surface area contributed by atoms with Crippen LogP contribution in [0.25, 0.3) is 0 Å². The Bertz CT molecular complexity index is 412. The van der Waals surface area contributed by atoms with Gasteiger partial charge in [-0.3, -0.25) is 0 Å². The molecule has 0 radical (unpaired) electrons. The standard InChI is InChI=1S/C13H23N5O/c1-2-15-11-6-12(18-13(14)17-11)16-7-9-4-3-5-10(9)8-19/h6,9-10,19H,2-5,7-8H2,1H3,(H4,14,15,16,17,18). The summed E-state index contributed by atoms with van der Waals surface area (Å²) in [6, 6.07) is 1.86. The molecule has 1 aromatic heterocycles. The molecule has 0 saturated heterocycles. The van der Waals surface area contributed by atoms with Crippen molar-refractivity contribution in [1.29, 1.82) is 0 Å². The van der Waals surface area contributed by atoms with Crippen molar-refractivity contribution < 1.29 is 5.11 Å². The van der Waals surface area contributed by atoms with Crippen molar-refractivity contribution in [2.45, 2.75) is 26.2 Å². The highest BCUT2D eigenvalue weighted by Gasteiger charge is 2.26. The van der Waals surface area contributed by atoms with Crippen LogP contribution in [0.3, 0.4) is 0 Å². The number of nitrogen functional groups attached to an aromatic ring is 1. The highest BCUT2D eigenvalue weighted by atomic mass is 16.3. The molecule has 0 aromatic carbocycles. The van der Waals surface area contributed by atoms with Crippen molar-refractivity contribution in [3.63, 3.8) is 0 Å². The summed E-state index contributed by atoms with van der Waals surface area (Å²) in [7, 11) is 0. The minimum Gasteiger partial charge on any atom is -0.396 e. The van der Waals surface area contributed by atoms with Gasteiger partial charge in [-0.1, -0.05) is 6.42 Å². The van der Waals surface area contributed by atoms with Gasteiger partial charge in [0.1, 0.15) is 11.6 Å². The first-order chi connectivity index (χ1) is 9.22. The van der Waals surface area contributed by atoms with Crippen LogP contribution in [0.2, 0.25) is 0 Å². The third-order valence-electron chi connectivity index (χ3n) is 3.70. The lowest BCUT2D eigenvalue weighted by Crippen LogP contribution is -2.21. The number of aliphatic hydroxyl groups is 1. The van der Waals surface area contributed by atoms with Crippen molar-refractivity contribution >= 4 is 17.6 Å². The number of aromatic nitrogens is 2. The van der Waals surface area contributed by atoms with Gasteiger partial charge in [0.25, 0.3) is 0 Å². The molecule has 1 aliphatic rings. The van der Waals surface area contributed by atoms with Crippen molar-refractivity contribution in [2.75, 3.05) is 36.1 Å². The van der Waals surface area contributed by atoms with Crippen LogP contribution >= 0.6 is 0 Å². The molecule has 6 nitrogen and oxygen atoms in total. The SMILES string of the molecule is CCNc1cc(NCC2CCCC2CO)nc(N)n1. The predicted octanol–water partition coefficient (Wildman–Crippen LogP) is 1.31. The number of nitrogens with zero attached hydrogens (tertiary/aromatic N) is 2. The zero-order valence-corrected chi connectivity index (χ0v) is 11.4. The number of nitrogens with one attached hydrogen (secondary N) is 2. The second-order valence-electron chi connectivity index (χ2n) is 5.04. The molecular weight excluding hydrogens is 242 g/mol. The van der Waals surface area contributed by atoms with Gasteiger partial charge in [-0.05, 0) is 31.6 Å². The van der Waals surface area contributed by atoms with Gasteiger partial charge >= 0.3 is 0 Å². The molecular formula is C13H23N5O. The maximum atomic E-state index is 9.31. The van der Waals surface area contributed by atoms with Crippen LogP contribution in [0.5, 0.6) is 0 Å². The summed E-state index contributed by atoms with van der Waals surface area (Å²) in [5, 5.41) is 15.7. The van der Waals surface area contributed by atoms with E-state index in [0.717, 1.165) is 31.1 Å². The average Bonchev–Trinajstić information content (AvgIpc) is 2.83. The maximum Gasteiger partial charge on any atom is 0.223 e. The van der Waals surface area contributed by atoms with E-state index in [4.69, 9.17) is 5.73 Å². The lowest BCUT2D eigenvalue weighted by molar-refractivity contribution is 0.199. The highest BCUT2D eigenvalue weighted by molar-refractivity contribution is 5.50. The summed E-state index contributed by atoms with van der Waals surface area (Å²) in [5.41, 5.74) is 5.68. The lowest BCUT2D eigenvalue weighted by atomic mass is 9.97. The number of hydrogen-bond acceptors (Lipinski definition) is 6. The highest BCUT2D eigenvalue weighted by Crippen LogP contribution is 2.31. The fourth-order valence-corrected chi connectivity index (χ4v) is 2.69. The average molecular weight is 265 g/mol. The Morgan fingerprint density at radius 2 is 1.95 bits per heavy atom. The molecule has 6 heteroatoms. The predicted molar refractivity (Wildman–Crippen MR) is 77.0 cm³/mol. The fourth-order valence-electron chi connectivity index (χ4n) is 2.69. The van der Waals surface area contributed by atoms with E-state index in [1.165, 1.54) is 12.8 Å². The molecule has 0 bridgehead atoms. The molecule has 2 rings (SSSR count). The Hall–Kier alpha value is -1.56. The Morgan fingerprint density at radius 3 is 2.63 bits per heavy atom. The molecule has 0 aliphatic heterocycles. The molecule has 19 heavy (non-hydrogen) atoms. The fraction of sp³-hybridized carbons (Fsp3) is 0.692. The summed E-state index contributed by atoms with van der Waals surface area (Å²) >= 11 is 0. The van der Waals surface area contributed by atoms with Gasteiger partial charge in [-0.15, -0.1) is 0 Å². The van der Waals surface area contributed by atoms with E-state index in [1.807, 2.05) is 13.0 Å². The summed E-state index contributed by atoms with van der Waals surface area (Å²) in [6.45, 7) is 3.91. The molecule has 1 saturated carbocycles. The number of nitrogens with two attached hydrogens (primary N) is 1. The Kier molecular flexibility index (Phi) is 4.79. The van der Waals surface area contributed by atoms with E-state index in [-0.39, 0.29) is 12.6 Å². The Morgan fingerprint density at radius 1 is 1.26 bits per heavy atom. The van der Waals surface area contributed by atoms with Gasteiger partial charge in [-0.2, -0.15) is 9.97 Å². The number of anilines is 3. The molecule has 1 aromatic rings. The summed E-state index contributed by atoms with van der Waals surface area (Å²) in [4.78, 5) is 8.29. The molecule has 106 valence electrons. The van der Waals surface area contributed by atoms with Gasteiger partial charge in [0.15, 0.2) is 0 Å². The summed E-state index contributed by atoms with van der Waals surface area (Å²) < 4.78 is 0. The number of rotatable bonds is 6. The monoisotopic (exact) mass is 265 g/mol. The van der Waals surface area contributed by atoms with E-state index in [2.05, 4.69) is 20.6 Å². The third-order valence-corrected chi connectivity index (χ3v) is 3.70. The molecule has 0 spiro atoms. The minimum atomic E-state index is 0.270. The van der Waals surface area contributed by atoms with Crippen molar-refractivity contribution in [3.05, 3.63) is 6.07 Å². The molecule has 2 atom stereocenters.